The molecular formula is C102H54N8O4S2. The Balaban J connectivity index is 0.611. The van der Waals surface area contributed by atoms with Crippen molar-refractivity contribution in [1.29, 1.82) is 10.5 Å². The second kappa shape index (κ2) is 24.5. The predicted octanol–water partition coefficient (Wildman–Crippen LogP) is 25.2. The molecule has 0 saturated heterocycles. The van der Waals surface area contributed by atoms with Gasteiger partial charge in [0.2, 0.25) is 0 Å². The summed E-state index contributed by atoms with van der Waals surface area (Å²) in [6.45, 7) is 0. The number of carbonyl (C=O) groups is 4. The van der Waals surface area contributed by atoms with Gasteiger partial charge in [-0.05, 0) is 215 Å². The number of imide groups is 2. The summed E-state index contributed by atoms with van der Waals surface area (Å²) >= 11 is 3.59. The topological polar surface area (TPSA) is 142 Å². The number of nitriles is 2. The smallest absolute Gasteiger partial charge is 0.266 e. The normalized spacial score (nSPS) is 13.0. The summed E-state index contributed by atoms with van der Waals surface area (Å²) in [4.78, 5) is 59.7. The average Bonchev–Trinajstić information content (AvgIpc) is 1.57. The Morgan fingerprint density at radius 1 is 0.233 bits per heavy atom. The van der Waals surface area contributed by atoms with Crippen molar-refractivity contribution >= 4 is 185 Å². The van der Waals surface area contributed by atoms with Gasteiger partial charge in [0.1, 0.15) is 6.07 Å². The van der Waals surface area contributed by atoms with E-state index in [9.17, 15) is 29.7 Å². The van der Waals surface area contributed by atoms with Crippen molar-refractivity contribution in [3.05, 3.63) is 361 Å². The molecule has 16 aromatic carbocycles. The van der Waals surface area contributed by atoms with Crippen LogP contribution in [0, 0.1) is 22.7 Å². The molecule has 8 heterocycles. The Labute approximate surface area is 667 Å². The van der Waals surface area contributed by atoms with Crippen LogP contribution < -0.4 is 9.80 Å². The maximum absolute atomic E-state index is 14.6. The molecule has 12 nitrogen and oxygen atoms in total. The molecule has 116 heavy (non-hydrogen) atoms. The number of aromatic nitrogens is 4. The van der Waals surface area contributed by atoms with Crippen molar-refractivity contribution in [1.82, 2.24) is 18.3 Å². The van der Waals surface area contributed by atoms with Gasteiger partial charge in [-0.2, -0.15) is 10.5 Å². The fourth-order valence-electron chi connectivity index (χ4n) is 18.7. The molecule has 0 N–H and O–H groups in total. The van der Waals surface area contributed by atoms with Crippen molar-refractivity contribution in [3.8, 4) is 68.3 Å². The zero-order chi connectivity index (χ0) is 77.0. The molecular weight excluding hydrogens is 1470 g/mol. The van der Waals surface area contributed by atoms with Crippen LogP contribution in [0.25, 0.3) is 184 Å². The fourth-order valence-corrected chi connectivity index (χ4v) is 20.9. The molecule has 0 atom stereocenters. The monoisotopic (exact) mass is 1520 g/mol. The highest BCUT2D eigenvalue weighted by Gasteiger charge is 2.41. The standard InChI is InChI=1S/C102H54N8O4S2/c103-55-57-28-38-91(93(46-57)109-99(111)72-19-1-2-20-73(72)100(109)112)107-85-25-11-7-17-69(85)78-49-60(32-41-88(78)107)58-30-39-87-76(47-58)67-15-6-10-24-84(67)106(87)66-36-45-96-82(54-66)71-37-29-63(52-97(71)116-96)62-34-43-90-80(51-62)79-50-61(33-42-89(79)108(90)92-26-13-14-64(56-104)98(92)110-101(113)74-21-3-4-22-75(74)102(110)114)59-31-40-86-77(48-59)68-16-5-9-23-83(68)105(86)65-35-44-95-81(53-65)70-18-8-12-27-94(70)115-95/h1-54H. The minimum absolute atomic E-state index is 0.198. The number of anilines is 2. The van der Waals surface area contributed by atoms with Crippen LogP contribution in [0.2, 0.25) is 0 Å². The van der Waals surface area contributed by atoms with E-state index in [0.29, 0.717) is 44.9 Å². The van der Waals surface area contributed by atoms with E-state index in [1.54, 1.807) is 78.1 Å². The molecule has 0 radical (unpaired) electrons. The number of hydrogen-bond acceptors (Lipinski definition) is 8. The molecule has 22 aromatic rings. The van der Waals surface area contributed by atoms with Crippen LogP contribution in [0.1, 0.15) is 52.6 Å². The number of benzene rings is 16. The van der Waals surface area contributed by atoms with Gasteiger partial charge in [0, 0.05) is 94.8 Å². The Bertz CT molecular complexity index is 8320. The fraction of sp³-hybridized carbons (Fsp3) is 0. The molecule has 0 bridgehead atoms. The van der Waals surface area contributed by atoms with Gasteiger partial charge in [0.25, 0.3) is 23.6 Å². The number of rotatable bonds is 9. The van der Waals surface area contributed by atoms with Crippen molar-refractivity contribution in [2.45, 2.75) is 0 Å². The quantitative estimate of drug-likeness (QED) is 0.132. The van der Waals surface area contributed by atoms with Crippen LogP contribution in [0.15, 0.2) is 328 Å². The van der Waals surface area contributed by atoms with Gasteiger partial charge < -0.3 is 18.3 Å². The summed E-state index contributed by atoms with van der Waals surface area (Å²) in [6.07, 6.45) is 0. The van der Waals surface area contributed by atoms with E-state index in [4.69, 9.17) is 0 Å². The van der Waals surface area contributed by atoms with Gasteiger partial charge in [-0.3, -0.25) is 19.2 Å². The van der Waals surface area contributed by atoms with Crippen LogP contribution in [-0.2, 0) is 0 Å². The molecule has 538 valence electrons. The van der Waals surface area contributed by atoms with Gasteiger partial charge in [-0.25, -0.2) is 9.80 Å². The van der Waals surface area contributed by atoms with Crippen molar-refractivity contribution < 1.29 is 19.2 Å². The molecule has 2 aliphatic heterocycles. The van der Waals surface area contributed by atoms with E-state index in [-0.39, 0.29) is 11.3 Å². The largest absolute Gasteiger partial charge is 0.309 e. The number of para-hydroxylation sites is 4. The van der Waals surface area contributed by atoms with Gasteiger partial charge in [-0.1, -0.05) is 146 Å². The Morgan fingerprint density at radius 3 is 1.09 bits per heavy atom. The maximum Gasteiger partial charge on any atom is 0.266 e. The van der Waals surface area contributed by atoms with Crippen LogP contribution in [0.5, 0.6) is 0 Å². The Morgan fingerprint density at radius 2 is 0.603 bits per heavy atom. The van der Waals surface area contributed by atoms with E-state index < -0.39 is 23.6 Å². The SMILES string of the molecule is N#Cc1ccc(-n2c3ccccc3c3cc(-c4ccc5c(c4)c4ccccc4n5-c4ccc5sc6cc(-c7ccc8c(c7)c7cc(-c9ccc%10c(c9)c9ccccc9n%10-c9ccc%10sc%11ccccc%11c%10c9)ccc7n8-c7cccc(C#N)c7N7C(=O)c8ccccc8C7=O)ccc6c5c4)ccc32)c(N2C(=O)c3ccccc3C2=O)c1. The van der Waals surface area contributed by atoms with Gasteiger partial charge in [0.15, 0.2) is 0 Å². The van der Waals surface area contributed by atoms with E-state index in [2.05, 4.69) is 255 Å². The highest BCUT2D eigenvalue weighted by Crippen LogP contribution is 2.48. The molecule has 4 amide bonds. The maximum atomic E-state index is 14.6. The first-order chi connectivity index (χ1) is 57.1. The number of nitrogens with zero attached hydrogens (tertiary/aromatic N) is 8. The van der Waals surface area contributed by atoms with E-state index >= 15 is 0 Å². The first-order valence-corrected chi connectivity index (χ1v) is 39.8. The average molecular weight is 1520 g/mol. The second-order valence-corrected chi connectivity index (χ2v) is 32.1. The number of fused-ring (bicyclic) bond motifs is 20. The van der Waals surface area contributed by atoms with Crippen molar-refractivity contribution in [2.75, 3.05) is 9.80 Å². The molecule has 0 spiro atoms. The molecule has 0 saturated carbocycles. The lowest BCUT2D eigenvalue weighted by Crippen LogP contribution is -2.31. The van der Waals surface area contributed by atoms with E-state index in [0.717, 1.165) is 152 Å². The van der Waals surface area contributed by atoms with Gasteiger partial charge in [-0.15, -0.1) is 22.7 Å². The van der Waals surface area contributed by atoms with E-state index in [1.165, 1.54) is 30.0 Å². The minimum atomic E-state index is -0.479. The molecule has 2 aliphatic rings. The third kappa shape index (κ3) is 9.27. The van der Waals surface area contributed by atoms with Crippen molar-refractivity contribution in [2.24, 2.45) is 0 Å². The lowest BCUT2D eigenvalue weighted by atomic mass is 9.99. The summed E-state index contributed by atoms with van der Waals surface area (Å²) in [5.41, 5.74) is 19.6. The predicted molar refractivity (Wildman–Crippen MR) is 470 cm³/mol. The Kier molecular flexibility index (Phi) is 13.7. The molecule has 14 heteroatoms. The van der Waals surface area contributed by atoms with Gasteiger partial charge >= 0.3 is 0 Å². The van der Waals surface area contributed by atoms with Gasteiger partial charge in [0.05, 0.1) is 106 Å². The van der Waals surface area contributed by atoms with Crippen molar-refractivity contribution in [3.63, 3.8) is 0 Å². The number of amides is 4. The van der Waals surface area contributed by atoms with Crippen LogP contribution in [-0.4, -0.2) is 41.9 Å². The summed E-state index contributed by atoms with van der Waals surface area (Å²) in [6, 6.07) is 116. The van der Waals surface area contributed by atoms with Crippen LogP contribution >= 0.6 is 22.7 Å². The first kappa shape index (κ1) is 65.2. The third-order valence-corrected chi connectivity index (χ3v) is 26.2. The zero-order valence-corrected chi connectivity index (χ0v) is 62.8. The zero-order valence-electron chi connectivity index (χ0n) is 61.2. The van der Waals surface area contributed by atoms with E-state index in [1.807, 2.05) is 47.7 Å². The first-order valence-electron chi connectivity index (χ1n) is 38.2. The molecule has 0 aliphatic carbocycles. The van der Waals surface area contributed by atoms with Crippen LogP contribution in [0.3, 0.4) is 0 Å². The molecule has 24 rings (SSSR count). The highest BCUT2D eigenvalue weighted by atomic mass is 32.1. The molecule has 6 aromatic heterocycles. The molecule has 0 unspecified atom stereocenters. The summed E-state index contributed by atoms with van der Waals surface area (Å²) in [5.74, 6) is -1.82. The number of carbonyl (C=O) groups excluding carboxylic acids is 4. The van der Waals surface area contributed by atoms with Crippen LogP contribution in [0.4, 0.5) is 11.4 Å². The summed E-state index contributed by atoms with van der Waals surface area (Å²) in [5, 5.41) is 34.2. The lowest BCUT2D eigenvalue weighted by molar-refractivity contribution is 0.0910. The highest BCUT2D eigenvalue weighted by molar-refractivity contribution is 7.26. The Hall–Kier alpha value is -15.6. The lowest BCUT2D eigenvalue weighted by Gasteiger charge is -2.21. The number of thiophene rings is 2. The molecule has 0 fully saturated rings. The summed E-state index contributed by atoms with van der Waals surface area (Å²) in [7, 11) is 0. The second-order valence-electron chi connectivity index (χ2n) is 29.9. The summed E-state index contributed by atoms with van der Waals surface area (Å²) < 4.78 is 13.8. The minimum Gasteiger partial charge on any atom is -0.309 e. The third-order valence-electron chi connectivity index (χ3n) is 23.9. The number of hydrogen-bond donors (Lipinski definition) is 0.